The molecule has 0 aliphatic heterocycles. The molecule has 5 nitrogen and oxygen atoms in total. The number of thioether (sulfide) groups is 1. The van der Waals surface area contributed by atoms with E-state index in [1.165, 1.54) is 6.42 Å². The quantitative estimate of drug-likeness (QED) is 0.506. The summed E-state index contributed by atoms with van der Waals surface area (Å²) in [5, 5.41) is 12.2. The molecule has 1 rings (SSSR count). The lowest BCUT2D eigenvalue weighted by Crippen LogP contribution is -2.19. The van der Waals surface area contributed by atoms with E-state index in [0.29, 0.717) is 0 Å². The van der Waals surface area contributed by atoms with Crippen LogP contribution in [0.5, 0.6) is 0 Å². The fourth-order valence-corrected chi connectivity index (χ4v) is 2.13. The van der Waals surface area contributed by atoms with Gasteiger partial charge in [0.15, 0.2) is 5.16 Å². The number of unbranched alkanes of at least 4 members (excludes halogenated alkanes) is 1. The molecule has 0 saturated carbocycles. The molecule has 0 fully saturated rings. The van der Waals surface area contributed by atoms with Crippen LogP contribution in [0.2, 0.25) is 0 Å². The van der Waals surface area contributed by atoms with Crippen molar-refractivity contribution < 1.29 is 4.74 Å². The Morgan fingerprint density at radius 3 is 3.00 bits per heavy atom. The molecular formula is C11H22N4OS. The average Bonchev–Trinajstić information content (AvgIpc) is 2.73. The van der Waals surface area contributed by atoms with Crippen molar-refractivity contribution in [2.75, 3.05) is 32.1 Å². The van der Waals surface area contributed by atoms with Crippen molar-refractivity contribution in [1.29, 1.82) is 0 Å². The molecule has 0 aliphatic carbocycles. The summed E-state index contributed by atoms with van der Waals surface area (Å²) >= 11 is 1.73. The van der Waals surface area contributed by atoms with Crippen molar-refractivity contribution in [3.05, 3.63) is 6.33 Å². The molecule has 0 saturated heterocycles. The molecule has 0 unspecified atom stereocenters. The lowest BCUT2D eigenvalue weighted by molar-refractivity contribution is 0.143. The van der Waals surface area contributed by atoms with Gasteiger partial charge in [-0.25, -0.2) is 0 Å². The summed E-state index contributed by atoms with van der Waals surface area (Å²) in [5.74, 6) is 1.03. The van der Waals surface area contributed by atoms with Gasteiger partial charge in [-0.2, -0.15) is 0 Å². The van der Waals surface area contributed by atoms with Gasteiger partial charge in [0.05, 0.1) is 0 Å². The smallest absolute Gasteiger partial charge is 0.190 e. The molecule has 0 spiro atoms. The van der Waals surface area contributed by atoms with Crippen molar-refractivity contribution in [1.82, 2.24) is 20.1 Å². The Balaban J connectivity index is 1.86. The fourth-order valence-electron chi connectivity index (χ4n) is 1.34. The largest absolute Gasteiger partial charge is 0.382 e. The summed E-state index contributed by atoms with van der Waals surface area (Å²) < 4.78 is 7.21. The summed E-state index contributed by atoms with van der Waals surface area (Å²) in [7, 11) is 1.96. The van der Waals surface area contributed by atoms with E-state index in [-0.39, 0.29) is 0 Å². The normalized spacial score (nSPS) is 10.9. The molecule has 98 valence electrons. The predicted molar refractivity (Wildman–Crippen MR) is 70.3 cm³/mol. The second-order valence-electron chi connectivity index (χ2n) is 3.73. The van der Waals surface area contributed by atoms with E-state index in [1.807, 2.05) is 18.5 Å². The highest BCUT2D eigenvalue weighted by Gasteiger charge is 1.99. The van der Waals surface area contributed by atoms with E-state index in [9.17, 15) is 0 Å². The molecule has 6 heteroatoms. The highest BCUT2D eigenvalue weighted by Crippen LogP contribution is 2.11. The average molecular weight is 258 g/mol. The first-order chi connectivity index (χ1) is 8.34. The first kappa shape index (κ1) is 14.5. The summed E-state index contributed by atoms with van der Waals surface area (Å²) in [6.45, 7) is 5.80. The number of hydrogen-bond donors (Lipinski definition) is 1. The van der Waals surface area contributed by atoms with E-state index in [2.05, 4.69) is 15.5 Å². The van der Waals surface area contributed by atoms with Gasteiger partial charge in [-0.05, 0) is 26.3 Å². The number of nitrogens with one attached hydrogen (secondary N) is 1. The van der Waals surface area contributed by atoms with Gasteiger partial charge in [-0.3, -0.25) is 0 Å². The number of rotatable bonds is 10. The maximum absolute atomic E-state index is 5.27. The minimum Gasteiger partial charge on any atom is -0.382 e. The molecule has 0 atom stereocenters. The first-order valence-corrected chi connectivity index (χ1v) is 7.08. The Morgan fingerprint density at radius 2 is 2.29 bits per heavy atom. The zero-order valence-corrected chi connectivity index (χ0v) is 11.5. The van der Waals surface area contributed by atoms with Crippen LogP contribution in [0.4, 0.5) is 0 Å². The molecular weight excluding hydrogens is 236 g/mol. The Labute approximate surface area is 107 Å². The maximum Gasteiger partial charge on any atom is 0.190 e. The predicted octanol–water partition coefficient (Wildman–Crippen LogP) is 1.31. The van der Waals surface area contributed by atoms with E-state index in [4.69, 9.17) is 4.74 Å². The van der Waals surface area contributed by atoms with Crippen LogP contribution in [0.25, 0.3) is 0 Å². The van der Waals surface area contributed by atoms with Gasteiger partial charge in [0.1, 0.15) is 6.33 Å². The molecule has 1 N–H and O–H groups in total. The minimum atomic E-state index is 0.821. The van der Waals surface area contributed by atoms with Crippen LogP contribution >= 0.6 is 11.8 Å². The molecule has 0 aromatic carbocycles. The van der Waals surface area contributed by atoms with Crippen LogP contribution in [-0.4, -0.2) is 46.8 Å². The van der Waals surface area contributed by atoms with Crippen LogP contribution < -0.4 is 5.32 Å². The SMILES string of the molecule is CCOCCCCNCCSc1nncn1C. The number of aromatic nitrogens is 3. The first-order valence-electron chi connectivity index (χ1n) is 6.10. The third kappa shape index (κ3) is 6.65. The molecule has 0 amide bonds. The van der Waals surface area contributed by atoms with Gasteiger partial charge < -0.3 is 14.6 Å². The van der Waals surface area contributed by atoms with E-state index in [0.717, 1.165) is 43.6 Å². The van der Waals surface area contributed by atoms with Crippen molar-refractivity contribution in [3.63, 3.8) is 0 Å². The van der Waals surface area contributed by atoms with Crippen molar-refractivity contribution in [2.45, 2.75) is 24.9 Å². The number of ether oxygens (including phenoxy) is 1. The molecule has 0 aliphatic rings. The molecule has 0 radical (unpaired) electrons. The van der Waals surface area contributed by atoms with Gasteiger partial charge in [-0.1, -0.05) is 11.8 Å². The monoisotopic (exact) mass is 258 g/mol. The van der Waals surface area contributed by atoms with Gasteiger partial charge in [-0.15, -0.1) is 10.2 Å². The van der Waals surface area contributed by atoms with Gasteiger partial charge in [0.2, 0.25) is 0 Å². The molecule has 1 aromatic rings. The van der Waals surface area contributed by atoms with E-state index >= 15 is 0 Å². The zero-order valence-electron chi connectivity index (χ0n) is 10.7. The molecule has 17 heavy (non-hydrogen) atoms. The van der Waals surface area contributed by atoms with Crippen LogP contribution in [-0.2, 0) is 11.8 Å². The summed E-state index contributed by atoms with van der Waals surface area (Å²) in [6, 6.07) is 0. The second kappa shape index (κ2) is 9.44. The topological polar surface area (TPSA) is 52.0 Å². The van der Waals surface area contributed by atoms with Gasteiger partial charge >= 0.3 is 0 Å². The second-order valence-corrected chi connectivity index (χ2v) is 4.79. The summed E-state index contributed by atoms with van der Waals surface area (Å²) in [6.07, 6.45) is 4.04. The fraction of sp³-hybridized carbons (Fsp3) is 0.818. The Kier molecular flexibility index (Phi) is 8.04. The van der Waals surface area contributed by atoms with Crippen LogP contribution in [0.15, 0.2) is 11.5 Å². The highest BCUT2D eigenvalue weighted by atomic mass is 32.2. The zero-order chi connectivity index (χ0) is 12.3. The molecule has 0 bridgehead atoms. The van der Waals surface area contributed by atoms with Crippen LogP contribution in [0.1, 0.15) is 19.8 Å². The van der Waals surface area contributed by atoms with Crippen molar-refractivity contribution >= 4 is 11.8 Å². The number of nitrogens with zero attached hydrogens (tertiary/aromatic N) is 3. The van der Waals surface area contributed by atoms with Crippen LogP contribution in [0.3, 0.4) is 0 Å². The Morgan fingerprint density at radius 1 is 1.41 bits per heavy atom. The molecule has 1 heterocycles. The van der Waals surface area contributed by atoms with Gasteiger partial charge in [0, 0.05) is 32.6 Å². The number of aryl methyl sites for hydroxylation is 1. The number of hydrogen-bond acceptors (Lipinski definition) is 5. The van der Waals surface area contributed by atoms with E-state index in [1.54, 1.807) is 18.1 Å². The lowest BCUT2D eigenvalue weighted by Gasteiger charge is -2.04. The van der Waals surface area contributed by atoms with Crippen molar-refractivity contribution in [2.24, 2.45) is 7.05 Å². The lowest BCUT2D eigenvalue weighted by atomic mass is 10.3. The van der Waals surface area contributed by atoms with Gasteiger partial charge in [0.25, 0.3) is 0 Å². The minimum absolute atomic E-state index is 0.821. The Hall–Kier alpha value is -0.590. The van der Waals surface area contributed by atoms with Crippen LogP contribution in [0, 0.1) is 0 Å². The third-order valence-corrected chi connectivity index (χ3v) is 3.31. The summed E-state index contributed by atoms with van der Waals surface area (Å²) in [5.41, 5.74) is 0. The van der Waals surface area contributed by atoms with E-state index < -0.39 is 0 Å². The summed E-state index contributed by atoms with van der Waals surface area (Å²) in [4.78, 5) is 0. The molecule has 1 aromatic heterocycles. The van der Waals surface area contributed by atoms with Crippen molar-refractivity contribution in [3.8, 4) is 0 Å². The highest BCUT2D eigenvalue weighted by molar-refractivity contribution is 7.99. The Bertz CT molecular complexity index is 293. The maximum atomic E-state index is 5.27. The third-order valence-electron chi connectivity index (χ3n) is 2.28. The standard InChI is InChI=1S/C11H22N4OS/c1-3-16-8-5-4-6-12-7-9-17-11-14-13-10-15(11)2/h10,12H,3-9H2,1-2H3.